The van der Waals surface area contributed by atoms with E-state index in [9.17, 15) is 5.11 Å². The Balaban J connectivity index is 1.80. The van der Waals surface area contributed by atoms with Gasteiger partial charge in [-0.2, -0.15) is 0 Å². The third-order valence-electron chi connectivity index (χ3n) is 4.47. The van der Waals surface area contributed by atoms with Gasteiger partial charge in [0.25, 0.3) is 0 Å². The average Bonchev–Trinajstić information content (AvgIpc) is 2.85. The molecule has 0 aromatic heterocycles. The van der Waals surface area contributed by atoms with Crippen LogP contribution in [0.3, 0.4) is 0 Å². The van der Waals surface area contributed by atoms with E-state index in [1.807, 2.05) is 0 Å². The van der Waals surface area contributed by atoms with E-state index in [0.717, 1.165) is 17.4 Å². The second kappa shape index (κ2) is 3.59. The van der Waals surface area contributed by atoms with Crippen LogP contribution < -0.4 is 0 Å². The van der Waals surface area contributed by atoms with Gasteiger partial charge in [0, 0.05) is 0 Å². The average molecular weight is 216 g/mol. The standard InChI is InChI=1S/C15H20O/c1-9-3-4-14(10(2)5-9)15(16)13-7-11-6-12(11)8-13/h3-5,11-13,15-16H,6-8H2,1-2H3. The maximum atomic E-state index is 10.4. The van der Waals surface area contributed by atoms with E-state index in [-0.39, 0.29) is 6.10 Å². The molecule has 3 rings (SSSR count). The van der Waals surface area contributed by atoms with E-state index in [4.69, 9.17) is 0 Å². The molecule has 0 radical (unpaired) electrons. The molecule has 2 fully saturated rings. The maximum absolute atomic E-state index is 10.4. The molecule has 1 aromatic rings. The highest BCUT2D eigenvalue weighted by molar-refractivity contribution is 5.32. The van der Waals surface area contributed by atoms with Crippen molar-refractivity contribution in [3.05, 3.63) is 34.9 Å². The molecule has 1 nitrogen and oxygen atoms in total. The Labute approximate surface area is 97.5 Å². The van der Waals surface area contributed by atoms with Gasteiger partial charge in [-0.15, -0.1) is 0 Å². The van der Waals surface area contributed by atoms with E-state index in [1.54, 1.807) is 0 Å². The molecular weight excluding hydrogens is 196 g/mol. The molecule has 1 aromatic carbocycles. The van der Waals surface area contributed by atoms with Crippen LogP contribution in [0.5, 0.6) is 0 Å². The third kappa shape index (κ3) is 1.67. The normalized spacial score (nSPS) is 33.6. The van der Waals surface area contributed by atoms with Crippen molar-refractivity contribution in [3.63, 3.8) is 0 Å². The fourth-order valence-electron chi connectivity index (χ4n) is 3.43. The van der Waals surface area contributed by atoms with Crippen molar-refractivity contribution in [2.75, 3.05) is 0 Å². The van der Waals surface area contributed by atoms with Crippen molar-refractivity contribution < 1.29 is 5.11 Å². The first-order chi connectivity index (χ1) is 7.65. The minimum absolute atomic E-state index is 0.228. The summed E-state index contributed by atoms with van der Waals surface area (Å²) in [5, 5.41) is 10.4. The molecule has 3 unspecified atom stereocenters. The largest absolute Gasteiger partial charge is 0.388 e. The van der Waals surface area contributed by atoms with Crippen molar-refractivity contribution in [2.24, 2.45) is 17.8 Å². The SMILES string of the molecule is Cc1ccc(C(O)C2CC3CC3C2)c(C)c1. The van der Waals surface area contributed by atoms with Gasteiger partial charge in [-0.05, 0) is 62.0 Å². The molecule has 16 heavy (non-hydrogen) atoms. The van der Waals surface area contributed by atoms with E-state index < -0.39 is 0 Å². The molecule has 86 valence electrons. The zero-order valence-corrected chi connectivity index (χ0v) is 10.1. The lowest BCUT2D eigenvalue weighted by Crippen LogP contribution is -2.12. The third-order valence-corrected chi connectivity index (χ3v) is 4.47. The molecule has 0 amide bonds. The summed E-state index contributed by atoms with van der Waals surface area (Å²) in [4.78, 5) is 0. The predicted molar refractivity (Wildman–Crippen MR) is 65.2 cm³/mol. The van der Waals surface area contributed by atoms with E-state index in [2.05, 4.69) is 32.0 Å². The number of aryl methyl sites for hydroxylation is 2. The van der Waals surface area contributed by atoms with Gasteiger partial charge in [-0.3, -0.25) is 0 Å². The van der Waals surface area contributed by atoms with Crippen molar-refractivity contribution in [3.8, 4) is 0 Å². The minimum atomic E-state index is -0.228. The fraction of sp³-hybridized carbons (Fsp3) is 0.600. The van der Waals surface area contributed by atoms with Crippen LogP contribution in [0.1, 0.15) is 42.1 Å². The van der Waals surface area contributed by atoms with Crippen LogP contribution in [-0.2, 0) is 0 Å². The minimum Gasteiger partial charge on any atom is -0.388 e. The van der Waals surface area contributed by atoms with Crippen LogP contribution in [0.4, 0.5) is 0 Å². The smallest absolute Gasteiger partial charge is 0.0820 e. The zero-order chi connectivity index (χ0) is 11.3. The summed E-state index contributed by atoms with van der Waals surface area (Å²) in [5.74, 6) is 2.42. The summed E-state index contributed by atoms with van der Waals surface area (Å²) < 4.78 is 0. The summed E-state index contributed by atoms with van der Waals surface area (Å²) >= 11 is 0. The molecule has 2 aliphatic carbocycles. The van der Waals surface area contributed by atoms with Gasteiger partial charge in [-0.25, -0.2) is 0 Å². The van der Waals surface area contributed by atoms with Gasteiger partial charge in [0.05, 0.1) is 6.10 Å². The molecule has 3 atom stereocenters. The van der Waals surface area contributed by atoms with Crippen LogP contribution in [0.2, 0.25) is 0 Å². The molecule has 0 saturated heterocycles. The van der Waals surface area contributed by atoms with E-state index in [1.165, 1.54) is 30.4 Å². The van der Waals surface area contributed by atoms with Crippen molar-refractivity contribution >= 4 is 0 Å². The Morgan fingerprint density at radius 3 is 2.44 bits per heavy atom. The molecule has 0 aliphatic heterocycles. The lowest BCUT2D eigenvalue weighted by atomic mass is 9.89. The Bertz CT molecular complexity index is 400. The first kappa shape index (κ1) is 10.3. The summed E-state index contributed by atoms with van der Waals surface area (Å²) in [7, 11) is 0. The molecule has 1 heteroatoms. The lowest BCUT2D eigenvalue weighted by molar-refractivity contribution is 0.104. The number of benzene rings is 1. The first-order valence-electron chi connectivity index (χ1n) is 6.40. The topological polar surface area (TPSA) is 20.2 Å². The fourth-order valence-corrected chi connectivity index (χ4v) is 3.43. The number of hydrogen-bond donors (Lipinski definition) is 1. The summed E-state index contributed by atoms with van der Waals surface area (Å²) in [6.45, 7) is 4.22. The molecule has 0 heterocycles. The van der Waals surface area contributed by atoms with Gasteiger partial charge >= 0.3 is 0 Å². The van der Waals surface area contributed by atoms with Crippen molar-refractivity contribution in [1.82, 2.24) is 0 Å². The molecule has 2 saturated carbocycles. The molecule has 0 bridgehead atoms. The number of aliphatic hydroxyl groups is 1. The summed E-state index contributed by atoms with van der Waals surface area (Å²) in [5.41, 5.74) is 3.67. The molecule has 2 aliphatic rings. The van der Waals surface area contributed by atoms with Gasteiger partial charge in [0.1, 0.15) is 0 Å². The summed E-state index contributed by atoms with van der Waals surface area (Å²) in [6, 6.07) is 6.40. The van der Waals surface area contributed by atoms with Crippen LogP contribution in [0.15, 0.2) is 18.2 Å². The number of aliphatic hydroxyl groups excluding tert-OH is 1. The number of fused-ring (bicyclic) bond motifs is 1. The number of rotatable bonds is 2. The molecular formula is C15H20O. The van der Waals surface area contributed by atoms with E-state index >= 15 is 0 Å². The van der Waals surface area contributed by atoms with Gasteiger partial charge in [0.15, 0.2) is 0 Å². The van der Waals surface area contributed by atoms with Gasteiger partial charge in [0.2, 0.25) is 0 Å². The Hall–Kier alpha value is -0.820. The second-order valence-electron chi connectivity index (χ2n) is 5.79. The van der Waals surface area contributed by atoms with Crippen LogP contribution in [0, 0.1) is 31.6 Å². The van der Waals surface area contributed by atoms with Gasteiger partial charge < -0.3 is 5.11 Å². The van der Waals surface area contributed by atoms with Crippen LogP contribution in [0.25, 0.3) is 0 Å². The van der Waals surface area contributed by atoms with Gasteiger partial charge in [-0.1, -0.05) is 23.8 Å². The highest BCUT2D eigenvalue weighted by Crippen LogP contribution is 2.57. The lowest BCUT2D eigenvalue weighted by Gasteiger charge is -2.21. The highest BCUT2D eigenvalue weighted by atomic mass is 16.3. The molecule has 1 N–H and O–H groups in total. The Kier molecular flexibility index (Phi) is 2.32. The second-order valence-corrected chi connectivity index (χ2v) is 5.79. The zero-order valence-electron chi connectivity index (χ0n) is 10.1. The Morgan fingerprint density at radius 2 is 1.81 bits per heavy atom. The number of hydrogen-bond acceptors (Lipinski definition) is 1. The summed E-state index contributed by atoms with van der Waals surface area (Å²) in [6.07, 6.45) is 3.70. The van der Waals surface area contributed by atoms with Crippen molar-refractivity contribution in [2.45, 2.75) is 39.2 Å². The monoisotopic (exact) mass is 216 g/mol. The highest BCUT2D eigenvalue weighted by Gasteiger charge is 2.47. The van der Waals surface area contributed by atoms with Crippen molar-refractivity contribution in [1.29, 1.82) is 0 Å². The van der Waals surface area contributed by atoms with Crippen LogP contribution in [-0.4, -0.2) is 5.11 Å². The van der Waals surface area contributed by atoms with Crippen LogP contribution >= 0.6 is 0 Å². The predicted octanol–water partition coefficient (Wildman–Crippen LogP) is 3.38. The Morgan fingerprint density at radius 1 is 1.12 bits per heavy atom. The molecule has 0 spiro atoms. The quantitative estimate of drug-likeness (QED) is 0.803. The van der Waals surface area contributed by atoms with E-state index in [0.29, 0.717) is 5.92 Å². The first-order valence-corrected chi connectivity index (χ1v) is 6.40. The maximum Gasteiger partial charge on any atom is 0.0820 e.